The Balaban J connectivity index is 2.12. The first-order chi connectivity index (χ1) is 9.33. The fraction of sp³-hybridized carbons (Fsp3) is 0.312. The summed E-state index contributed by atoms with van der Waals surface area (Å²) in [6.45, 7) is 5.17. The molecule has 2 N–H and O–H groups in total. The second kappa shape index (κ2) is 6.78. The molecular formula is C16H21N3. The normalized spacial score (nSPS) is 11.9. The summed E-state index contributed by atoms with van der Waals surface area (Å²) in [5, 5.41) is 6.82. The molecule has 0 aliphatic carbocycles. The zero-order valence-corrected chi connectivity index (χ0v) is 11.6. The molecule has 0 saturated carbocycles. The van der Waals surface area contributed by atoms with Crippen LogP contribution < -0.4 is 10.6 Å². The average molecular weight is 255 g/mol. The number of aromatic nitrogens is 1. The summed E-state index contributed by atoms with van der Waals surface area (Å²) in [5.41, 5.74) is 3.41. The summed E-state index contributed by atoms with van der Waals surface area (Å²) in [7, 11) is 0. The first-order valence-corrected chi connectivity index (χ1v) is 6.84. The minimum Gasteiger partial charge on any atom is -0.384 e. The van der Waals surface area contributed by atoms with E-state index >= 15 is 0 Å². The summed E-state index contributed by atoms with van der Waals surface area (Å²) in [4.78, 5) is 4.26. The van der Waals surface area contributed by atoms with Gasteiger partial charge in [0, 0.05) is 6.54 Å². The van der Waals surface area contributed by atoms with E-state index < -0.39 is 0 Å². The topological polar surface area (TPSA) is 37.0 Å². The quantitative estimate of drug-likeness (QED) is 0.816. The van der Waals surface area contributed by atoms with Crippen molar-refractivity contribution in [1.82, 2.24) is 4.98 Å². The van der Waals surface area contributed by atoms with E-state index in [1.54, 1.807) is 0 Å². The smallest absolute Gasteiger partial charge is 0.0552 e. The molecule has 0 saturated heterocycles. The van der Waals surface area contributed by atoms with Crippen molar-refractivity contribution in [2.24, 2.45) is 0 Å². The number of hydrogen-bond acceptors (Lipinski definition) is 3. The van der Waals surface area contributed by atoms with E-state index in [1.807, 2.05) is 18.5 Å². The Morgan fingerprint density at radius 1 is 1.05 bits per heavy atom. The number of hydrogen-bond donors (Lipinski definition) is 2. The Labute approximate surface area is 115 Å². The van der Waals surface area contributed by atoms with Crippen LogP contribution in [0, 0.1) is 0 Å². The molecule has 0 bridgehead atoms. The fourth-order valence-corrected chi connectivity index (χ4v) is 2.13. The van der Waals surface area contributed by atoms with Gasteiger partial charge in [-0.05, 0) is 25.0 Å². The molecule has 0 aliphatic heterocycles. The number of nitrogens with one attached hydrogen (secondary N) is 2. The lowest BCUT2D eigenvalue weighted by atomic mass is 10.0. The molecule has 19 heavy (non-hydrogen) atoms. The lowest BCUT2D eigenvalue weighted by Gasteiger charge is -2.19. The van der Waals surface area contributed by atoms with Gasteiger partial charge < -0.3 is 10.6 Å². The lowest BCUT2D eigenvalue weighted by molar-refractivity contribution is 0.749. The predicted octanol–water partition coefficient (Wildman–Crippen LogP) is 4.08. The van der Waals surface area contributed by atoms with Crippen LogP contribution in [0.15, 0.2) is 48.8 Å². The van der Waals surface area contributed by atoms with Crippen molar-refractivity contribution in [3.63, 3.8) is 0 Å². The highest BCUT2D eigenvalue weighted by molar-refractivity contribution is 5.54. The van der Waals surface area contributed by atoms with E-state index in [9.17, 15) is 0 Å². The Kier molecular flexibility index (Phi) is 4.78. The van der Waals surface area contributed by atoms with Gasteiger partial charge in [-0.3, -0.25) is 4.98 Å². The maximum Gasteiger partial charge on any atom is 0.0552 e. The van der Waals surface area contributed by atoms with E-state index in [0.717, 1.165) is 24.3 Å². The van der Waals surface area contributed by atoms with Gasteiger partial charge >= 0.3 is 0 Å². The van der Waals surface area contributed by atoms with Crippen molar-refractivity contribution in [2.45, 2.75) is 26.3 Å². The summed E-state index contributed by atoms with van der Waals surface area (Å²) in [6.07, 6.45) is 4.75. The molecule has 0 spiro atoms. The van der Waals surface area contributed by atoms with E-state index in [0.29, 0.717) is 6.04 Å². The zero-order valence-electron chi connectivity index (χ0n) is 11.6. The predicted molar refractivity (Wildman–Crippen MR) is 81.5 cm³/mol. The average Bonchev–Trinajstić information content (AvgIpc) is 2.46. The van der Waals surface area contributed by atoms with E-state index in [4.69, 9.17) is 0 Å². The van der Waals surface area contributed by atoms with Crippen molar-refractivity contribution in [3.05, 3.63) is 54.4 Å². The maximum absolute atomic E-state index is 4.26. The van der Waals surface area contributed by atoms with Crippen LogP contribution in [0.5, 0.6) is 0 Å². The molecule has 0 fully saturated rings. The van der Waals surface area contributed by atoms with Crippen LogP contribution >= 0.6 is 0 Å². The summed E-state index contributed by atoms with van der Waals surface area (Å²) < 4.78 is 0. The molecule has 2 rings (SSSR count). The van der Waals surface area contributed by atoms with Gasteiger partial charge in [-0.25, -0.2) is 0 Å². The van der Waals surface area contributed by atoms with Crippen LogP contribution in [-0.4, -0.2) is 11.5 Å². The van der Waals surface area contributed by atoms with E-state index in [1.165, 1.54) is 5.56 Å². The number of benzene rings is 1. The largest absolute Gasteiger partial charge is 0.384 e. The number of anilines is 2. The van der Waals surface area contributed by atoms with Crippen molar-refractivity contribution >= 4 is 11.4 Å². The molecule has 1 heterocycles. The first-order valence-electron chi connectivity index (χ1n) is 6.84. The Bertz CT molecular complexity index is 496. The number of rotatable bonds is 6. The van der Waals surface area contributed by atoms with E-state index in [2.05, 4.69) is 59.8 Å². The van der Waals surface area contributed by atoms with Gasteiger partial charge in [0.05, 0.1) is 29.8 Å². The van der Waals surface area contributed by atoms with Gasteiger partial charge in [0.15, 0.2) is 0 Å². The Morgan fingerprint density at radius 2 is 1.79 bits per heavy atom. The molecule has 0 aliphatic rings. The van der Waals surface area contributed by atoms with Gasteiger partial charge in [0.1, 0.15) is 0 Å². The van der Waals surface area contributed by atoms with Crippen LogP contribution in [0.2, 0.25) is 0 Å². The van der Waals surface area contributed by atoms with Gasteiger partial charge in [-0.1, -0.05) is 37.3 Å². The molecule has 2 aromatic rings. The highest BCUT2D eigenvalue weighted by atomic mass is 14.9. The third-order valence-corrected chi connectivity index (χ3v) is 3.07. The summed E-state index contributed by atoms with van der Waals surface area (Å²) in [6, 6.07) is 12.9. The number of nitrogens with zero attached hydrogens (tertiary/aromatic N) is 1. The van der Waals surface area contributed by atoms with Gasteiger partial charge in [0.25, 0.3) is 0 Å². The molecule has 0 amide bonds. The standard InChI is InChI=1S/C16H21N3/c1-3-16(13-8-6-5-7-9-13)19-15-10-14(18-4-2)11-17-12-15/h5-12,16,18-19H,3-4H2,1-2H3. The molecule has 100 valence electrons. The minimum atomic E-state index is 0.319. The Hall–Kier alpha value is -2.03. The summed E-state index contributed by atoms with van der Waals surface area (Å²) >= 11 is 0. The van der Waals surface area contributed by atoms with Crippen LogP contribution in [-0.2, 0) is 0 Å². The van der Waals surface area contributed by atoms with Crippen molar-refractivity contribution in [1.29, 1.82) is 0 Å². The molecule has 1 atom stereocenters. The molecule has 1 unspecified atom stereocenters. The zero-order chi connectivity index (χ0) is 13.5. The number of pyridine rings is 1. The Morgan fingerprint density at radius 3 is 2.47 bits per heavy atom. The minimum absolute atomic E-state index is 0.319. The molecule has 1 aromatic carbocycles. The van der Waals surface area contributed by atoms with Crippen LogP contribution in [0.4, 0.5) is 11.4 Å². The highest BCUT2D eigenvalue weighted by Crippen LogP contribution is 2.23. The first kappa shape index (κ1) is 13.4. The van der Waals surface area contributed by atoms with Gasteiger partial charge in [-0.2, -0.15) is 0 Å². The molecule has 3 heteroatoms. The molecule has 1 aromatic heterocycles. The van der Waals surface area contributed by atoms with Crippen LogP contribution in [0.3, 0.4) is 0 Å². The second-order valence-corrected chi connectivity index (χ2v) is 4.51. The molecular weight excluding hydrogens is 234 g/mol. The van der Waals surface area contributed by atoms with Crippen molar-refractivity contribution in [2.75, 3.05) is 17.2 Å². The van der Waals surface area contributed by atoms with Crippen LogP contribution in [0.25, 0.3) is 0 Å². The molecule has 0 radical (unpaired) electrons. The van der Waals surface area contributed by atoms with Gasteiger partial charge in [-0.15, -0.1) is 0 Å². The third kappa shape index (κ3) is 3.71. The van der Waals surface area contributed by atoms with E-state index in [-0.39, 0.29) is 0 Å². The van der Waals surface area contributed by atoms with Crippen LogP contribution in [0.1, 0.15) is 31.9 Å². The monoisotopic (exact) mass is 255 g/mol. The van der Waals surface area contributed by atoms with Gasteiger partial charge in [0.2, 0.25) is 0 Å². The fourth-order valence-electron chi connectivity index (χ4n) is 2.13. The lowest BCUT2D eigenvalue weighted by Crippen LogP contribution is -2.10. The maximum atomic E-state index is 4.26. The van der Waals surface area contributed by atoms with Crippen molar-refractivity contribution < 1.29 is 0 Å². The molecule has 3 nitrogen and oxygen atoms in total. The summed E-state index contributed by atoms with van der Waals surface area (Å²) in [5.74, 6) is 0. The SMILES string of the molecule is CCNc1cncc(NC(CC)c2ccccc2)c1. The second-order valence-electron chi connectivity index (χ2n) is 4.51. The third-order valence-electron chi connectivity index (χ3n) is 3.07. The van der Waals surface area contributed by atoms with Crippen molar-refractivity contribution in [3.8, 4) is 0 Å². The highest BCUT2D eigenvalue weighted by Gasteiger charge is 2.08.